The summed E-state index contributed by atoms with van der Waals surface area (Å²) in [5.41, 5.74) is 0. The lowest BCUT2D eigenvalue weighted by Crippen LogP contribution is -2.53. The second-order valence-electron chi connectivity index (χ2n) is 5.13. The van der Waals surface area contributed by atoms with Crippen molar-refractivity contribution in [3.8, 4) is 0 Å². The standard InChI is InChI=1S/C12H21IN2O5/c1-6(17)14-11(9(18)4-5-16)7-2-3-8(12(19)20)10(7)15-13/h7-11,15-16,18H,2-5H2,1H3,(H,14,17)(H,19,20)/t7-,8-,9-,10-,11-/m0/s1. The van der Waals surface area contributed by atoms with Crippen molar-refractivity contribution >= 4 is 34.7 Å². The van der Waals surface area contributed by atoms with Crippen LogP contribution in [0.1, 0.15) is 26.2 Å². The highest BCUT2D eigenvalue weighted by Crippen LogP contribution is 2.35. The molecule has 0 spiro atoms. The molecule has 1 aliphatic rings. The van der Waals surface area contributed by atoms with E-state index in [0.29, 0.717) is 12.8 Å². The monoisotopic (exact) mass is 400 g/mol. The fourth-order valence-corrected chi connectivity index (χ4v) is 3.80. The van der Waals surface area contributed by atoms with Gasteiger partial charge >= 0.3 is 5.97 Å². The Balaban J connectivity index is 2.89. The molecule has 7 nitrogen and oxygen atoms in total. The van der Waals surface area contributed by atoms with Crippen molar-refractivity contribution in [1.29, 1.82) is 0 Å². The normalized spacial score (nSPS) is 28.9. The summed E-state index contributed by atoms with van der Waals surface area (Å²) in [5, 5.41) is 30.9. The zero-order valence-corrected chi connectivity index (χ0v) is 13.4. The number of aliphatic hydroxyl groups excluding tert-OH is 2. The largest absolute Gasteiger partial charge is 0.481 e. The van der Waals surface area contributed by atoms with Crippen molar-refractivity contribution in [3.05, 3.63) is 0 Å². The zero-order chi connectivity index (χ0) is 15.3. The van der Waals surface area contributed by atoms with Crippen LogP contribution in [0.5, 0.6) is 0 Å². The van der Waals surface area contributed by atoms with Crippen LogP contribution in [-0.2, 0) is 9.59 Å². The molecule has 8 heteroatoms. The smallest absolute Gasteiger partial charge is 0.308 e. The van der Waals surface area contributed by atoms with Crippen LogP contribution in [0.2, 0.25) is 0 Å². The van der Waals surface area contributed by atoms with E-state index in [4.69, 9.17) is 5.11 Å². The average Bonchev–Trinajstić information content (AvgIpc) is 2.79. The summed E-state index contributed by atoms with van der Waals surface area (Å²) in [5.74, 6) is -1.87. The molecule has 1 saturated carbocycles. The third-order valence-corrected chi connectivity index (χ3v) is 4.54. The predicted molar refractivity (Wildman–Crippen MR) is 80.1 cm³/mol. The number of nitrogens with one attached hydrogen (secondary N) is 2. The highest BCUT2D eigenvalue weighted by atomic mass is 127. The number of carboxylic acids is 1. The summed E-state index contributed by atoms with van der Waals surface area (Å²) in [7, 11) is 0. The van der Waals surface area contributed by atoms with Crippen LogP contribution in [0.4, 0.5) is 0 Å². The molecular formula is C12H21IN2O5. The van der Waals surface area contributed by atoms with E-state index >= 15 is 0 Å². The molecule has 5 atom stereocenters. The minimum atomic E-state index is -0.895. The number of aliphatic hydroxyl groups is 2. The van der Waals surface area contributed by atoms with Crippen molar-refractivity contribution < 1.29 is 24.9 Å². The van der Waals surface area contributed by atoms with Crippen molar-refractivity contribution in [1.82, 2.24) is 8.85 Å². The summed E-state index contributed by atoms with van der Waals surface area (Å²) in [6.45, 7) is 1.17. The molecule has 0 aromatic heterocycles. The van der Waals surface area contributed by atoms with E-state index in [1.165, 1.54) is 6.92 Å². The average molecular weight is 400 g/mol. The number of carbonyl (C=O) groups excluding carboxylic acids is 1. The molecule has 0 aromatic carbocycles. The minimum absolute atomic E-state index is 0.146. The molecule has 0 bridgehead atoms. The Kier molecular flexibility index (Phi) is 7.13. The van der Waals surface area contributed by atoms with E-state index in [1.807, 2.05) is 22.9 Å². The second-order valence-corrected chi connectivity index (χ2v) is 5.75. The maximum absolute atomic E-state index is 11.3. The van der Waals surface area contributed by atoms with Crippen LogP contribution >= 0.6 is 22.9 Å². The fourth-order valence-electron chi connectivity index (χ4n) is 2.90. The lowest BCUT2D eigenvalue weighted by Gasteiger charge is -2.33. The Morgan fingerprint density at radius 2 is 2.05 bits per heavy atom. The molecule has 1 aliphatic carbocycles. The Hall–Kier alpha value is -0.450. The Morgan fingerprint density at radius 1 is 1.40 bits per heavy atom. The van der Waals surface area contributed by atoms with Gasteiger partial charge in [0.1, 0.15) is 0 Å². The highest BCUT2D eigenvalue weighted by molar-refractivity contribution is 14.1. The van der Waals surface area contributed by atoms with Crippen LogP contribution in [0.25, 0.3) is 0 Å². The second kappa shape index (κ2) is 8.11. The lowest BCUT2D eigenvalue weighted by molar-refractivity contribution is -0.142. The predicted octanol–water partition coefficient (Wildman–Crippen LogP) is -0.347. The summed E-state index contributed by atoms with van der Waals surface area (Å²) >= 11 is 1.91. The van der Waals surface area contributed by atoms with Gasteiger partial charge < -0.3 is 20.6 Å². The van der Waals surface area contributed by atoms with Crippen molar-refractivity contribution in [2.45, 2.75) is 44.4 Å². The molecule has 0 heterocycles. The van der Waals surface area contributed by atoms with E-state index in [9.17, 15) is 19.8 Å². The van der Waals surface area contributed by atoms with Crippen LogP contribution in [0, 0.1) is 11.8 Å². The van der Waals surface area contributed by atoms with Gasteiger partial charge in [-0.05, 0) is 25.2 Å². The third kappa shape index (κ3) is 4.27. The van der Waals surface area contributed by atoms with Crippen LogP contribution in [0.3, 0.4) is 0 Å². The molecule has 0 aromatic rings. The number of carboxylic acid groups (broad SMARTS) is 1. The summed E-state index contributed by atoms with van der Waals surface area (Å²) in [6, 6.07) is -0.880. The molecule has 0 radical (unpaired) electrons. The molecule has 0 aliphatic heterocycles. The maximum atomic E-state index is 11.3. The minimum Gasteiger partial charge on any atom is -0.481 e. The first-order valence-corrected chi connectivity index (χ1v) is 7.65. The Labute approximate surface area is 131 Å². The van der Waals surface area contributed by atoms with E-state index in [0.717, 1.165) is 0 Å². The molecule has 0 saturated heterocycles. The quantitative estimate of drug-likeness (QED) is 0.295. The first-order valence-electron chi connectivity index (χ1n) is 6.57. The topological polar surface area (TPSA) is 119 Å². The number of halogens is 1. The zero-order valence-electron chi connectivity index (χ0n) is 11.3. The Bertz CT molecular complexity index is 355. The number of hydrogen-bond donors (Lipinski definition) is 5. The molecule has 1 amide bonds. The molecule has 1 fully saturated rings. The van der Waals surface area contributed by atoms with E-state index in [2.05, 4.69) is 8.85 Å². The molecule has 1 rings (SSSR count). The number of aliphatic carboxylic acids is 1. The van der Waals surface area contributed by atoms with Crippen molar-refractivity contribution in [3.63, 3.8) is 0 Å². The van der Waals surface area contributed by atoms with E-state index < -0.39 is 24.0 Å². The van der Waals surface area contributed by atoms with Gasteiger partial charge in [0.25, 0.3) is 0 Å². The van der Waals surface area contributed by atoms with Gasteiger partial charge in [-0.2, -0.15) is 0 Å². The highest BCUT2D eigenvalue weighted by Gasteiger charge is 2.45. The van der Waals surface area contributed by atoms with Gasteiger partial charge in [-0.15, -0.1) is 0 Å². The first-order chi connectivity index (χ1) is 9.42. The summed E-state index contributed by atoms with van der Waals surface area (Å²) in [4.78, 5) is 22.5. The van der Waals surface area contributed by atoms with Gasteiger partial charge in [0.05, 0.1) is 18.1 Å². The molecule has 116 valence electrons. The van der Waals surface area contributed by atoms with Crippen molar-refractivity contribution in [2.75, 3.05) is 6.61 Å². The Morgan fingerprint density at radius 3 is 2.50 bits per heavy atom. The van der Waals surface area contributed by atoms with Gasteiger partial charge in [-0.25, -0.2) is 0 Å². The van der Waals surface area contributed by atoms with Gasteiger partial charge in [-0.3, -0.25) is 13.1 Å². The fraction of sp³-hybridized carbons (Fsp3) is 0.833. The summed E-state index contributed by atoms with van der Waals surface area (Å²) in [6.07, 6.45) is 0.356. The molecule has 20 heavy (non-hydrogen) atoms. The van der Waals surface area contributed by atoms with Crippen molar-refractivity contribution in [2.24, 2.45) is 11.8 Å². The number of hydrogen-bond acceptors (Lipinski definition) is 5. The van der Waals surface area contributed by atoms with Crippen LogP contribution in [0.15, 0.2) is 0 Å². The maximum Gasteiger partial charge on any atom is 0.308 e. The molecule has 5 N–H and O–H groups in total. The molecular weight excluding hydrogens is 379 g/mol. The SMILES string of the molecule is CC(=O)N[C@@H]([C@H]1CC[C@H](C(=O)O)[C@H]1NI)[C@@H](O)CCO. The van der Waals surface area contributed by atoms with Crippen LogP contribution in [-0.4, -0.2) is 52.0 Å². The van der Waals surface area contributed by atoms with Gasteiger partial charge in [-0.1, -0.05) is 0 Å². The van der Waals surface area contributed by atoms with E-state index in [1.54, 1.807) is 0 Å². The first kappa shape index (κ1) is 17.6. The molecule has 0 unspecified atom stereocenters. The van der Waals surface area contributed by atoms with Crippen LogP contribution < -0.4 is 8.85 Å². The van der Waals surface area contributed by atoms with Gasteiger partial charge in [0.15, 0.2) is 0 Å². The van der Waals surface area contributed by atoms with Gasteiger partial charge in [0.2, 0.25) is 5.91 Å². The van der Waals surface area contributed by atoms with E-state index in [-0.39, 0.29) is 30.9 Å². The third-order valence-electron chi connectivity index (χ3n) is 3.82. The van der Waals surface area contributed by atoms with Gasteiger partial charge in [0, 0.05) is 42.4 Å². The lowest BCUT2D eigenvalue weighted by atomic mass is 9.87. The number of carbonyl (C=O) groups is 2. The summed E-state index contributed by atoms with van der Waals surface area (Å²) < 4.78 is 2.96. The number of rotatable bonds is 7. The number of amides is 1.